The van der Waals surface area contributed by atoms with Crippen LogP contribution in [-0.4, -0.2) is 25.5 Å². The number of nitrogens with zero attached hydrogens (tertiary/aromatic N) is 4. The summed E-state index contributed by atoms with van der Waals surface area (Å²) in [6.07, 6.45) is 3.90. The molecule has 1 aliphatic heterocycles. The molecule has 1 aromatic carbocycles. The smallest absolute Gasteiger partial charge is 0.247 e. The lowest BCUT2D eigenvalue weighted by Gasteiger charge is -2.19. The van der Waals surface area contributed by atoms with E-state index in [-0.39, 0.29) is 6.23 Å². The molecule has 3 heterocycles. The van der Waals surface area contributed by atoms with Gasteiger partial charge in [-0.2, -0.15) is 4.98 Å². The first kappa shape index (κ1) is 18.3. The number of ether oxygens (including phenoxy) is 1. The fraction of sp³-hybridized carbons (Fsp3) is 0.316. The molecule has 0 amide bonds. The third kappa shape index (κ3) is 3.82. The van der Waals surface area contributed by atoms with Gasteiger partial charge in [-0.15, -0.1) is 10.2 Å². The van der Waals surface area contributed by atoms with E-state index in [1.54, 1.807) is 11.8 Å². The van der Waals surface area contributed by atoms with Crippen LogP contribution in [0.4, 0.5) is 5.69 Å². The van der Waals surface area contributed by atoms with Gasteiger partial charge >= 0.3 is 0 Å². The summed E-state index contributed by atoms with van der Waals surface area (Å²) in [5.41, 5.74) is 3.51. The standard InChI is InChI=1S/C19H20BrN5OS/c1-3-4-10-27-19-22-18-16(23-24-19)13-11-12(20)7-8-14(13)21-17(26-18)15-6-5-9-25(15)2/h5-9,11,17,21H,3-4,10H2,1-2H3/t17-/m1/s1. The summed E-state index contributed by atoms with van der Waals surface area (Å²) in [7, 11) is 2.00. The number of rotatable bonds is 5. The number of aromatic nitrogens is 4. The second-order valence-corrected chi connectivity index (χ2v) is 8.30. The first-order valence-corrected chi connectivity index (χ1v) is 10.7. The third-order valence-electron chi connectivity index (χ3n) is 4.37. The summed E-state index contributed by atoms with van der Waals surface area (Å²) in [5.74, 6) is 1.47. The van der Waals surface area contributed by atoms with Gasteiger partial charge in [-0.25, -0.2) is 0 Å². The quantitative estimate of drug-likeness (QED) is 0.438. The molecule has 2 aromatic heterocycles. The van der Waals surface area contributed by atoms with E-state index in [2.05, 4.69) is 43.4 Å². The molecule has 6 nitrogen and oxygen atoms in total. The lowest BCUT2D eigenvalue weighted by Crippen LogP contribution is -2.19. The molecule has 0 radical (unpaired) electrons. The second-order valence-electron chi connectivity index (χ2n) is 6.33. The van der Waals surface area contributed by atoms with E-state index < -0.39 is 0 Å². The van der Waals surface area contributed by atoms with Gasteiger partial charge < -0.3 is 14.6 Å². The molecule has 0 fully saturated rings. The molecule has 0 saturated heterocycles. The Bertz CT molecular complexity index is 961. The lowest BCUT2D eigenvalue weighted by atomic mass is 10.1. The molecule has 3 aromatic rings. The van der Waals surface area contributed by atoms with Crippen molar-refractivity contribution in [2.75, 3.05) is 11.1 Å². The van der Waals surface area contributed by atoms with Crippen molar-refractivity contribution in [1.29, 1.82) is 0 Å². The Morgan fingerprint density at radius 3 is 2.96 bits per heavy atom. The van der Waals surface area contributed by atoms with E-state index in [0.717, 1.165) is 40.0 Å². The molecule has 0 unspecified atom stereocenters. The van der Waals surface area contributed by atoms with Crippen LogP contribution in [0.2, 0.25) is 0 Å². The highest BCUT2D eigenvalue weighted by Gasteiger charge is 2.27. The van der Waals surface area contributed by atoms with Crippen molar-refractivity contribution in [1.82, 2.24) is 19.7 Å². The topological polar surface area (TPSA) is 64.9 Å². The molecule has 0 bridgehead atoms. The van der Waals surface area contributed by atoms with Crippen molar-refractivity contribution in [3.63, 3.8) is 0 Å². The van der Waals surface area contributed by atoms with Crippen LogP contribution < -0.4 is 10.1 Å². The molecule has 1 N–H and O–H groups in total. The lowest BCUT2D eigenvalue weighted by molar-refractivity contribution is 0.217. The Labute approximate surface area is 170 Å². The van der Waals surface area contributed by atoms with Crippen molar-refractivity contribution in [3.05, 3.63) is 46.7 Å². The molecule has 1 aliphatic rings. The van der Waals surface area contributed by atoms with Crippen molar-refractivity contribution in [2.45, 2.75) is 31.1 Å². The Morgan fingerprint density at radius 2 is 2.19 bits per heavy atom. The van der Waals surface area contributed by atoms with Crippen molar-refractivity contribution < 1.29 is 4.74 Å². The number of thioether (sulfide) groups is 1. The highest BCUT2D eigenvalue weighted by molar-refractivity contribution is 9.10. The molecular formula is C19H20BrN5OS. The average molecular weight is 446 g/mol. The normalized spacial score (nSPS) is 15.3. The minimum absolute atomic E-state index is 0.364. The zero-order chi connectivity index (χ0) is 18.8. The van der Waals surface area contributed by atoms with Gasteiger partial charge in [0, 0.05) is 34.7 Å². The van der Waals surface area contributed by atoms with E-state index >= 15 is 0 Å². The Morgan fingerprint density at radius 1 is 1.30 bits per heavy atom. The minimum Gasteiger partial charge on any atom is -0.446 e. The first-order valence-electron chi connectivity index (χ1n) is 8.87. The SMILES string of the molecule is CCCCSc1nnc2c(n1)O[C@H](c1cccn1C)Nc1ccc(Br)cc1-2. The molecule has 0 aliphatic carbocycles. The second kappa shape index (κ2) is 7.90. The first-order chi connectivity index (χ1) is 13.2. The van der Waals surface area contributed by atoms with Gasteiger partial charge in [-0.1, -0.05) is 41.0 Å². The molecule has 140 valence electrons. The van der Waals surface area contributed by atoms with Crippen LogP contribution in [0.5, 0.6) is 5.88 Å². The number of hydrogen-bond acceptors (Lipinski definition) is 6. The summed E-state index contributed by atoms with van der Waals surface area (Å²) >= 11 is 5.16. The molecule has 1 atom stereocenters. The molecule has 27 heavy (non-hydrogen) atoms. The maximum Gasteiger partial charge on any atom is 0.247 e. The van der Waals surface area contributed by atoms with Crippen molar-refractivity contribution >= 4 is 33.4 Å². The van der Waals surface area contributed by atoms with Gasteiger partial charge in [0.25, 0.3) is 0 Å². The Balaban J connectivity index is 1.77. The third-order valence-corrected chi connectivity index (χ3v) is 5.79. The van der Waals surface area contributed by atoms with Crippen LogP contribution in [0.15, 0.2) is 46.2 Å². The highest BCUT2D eigenvalue weighted by atomic mass is 79.9. The van der Waals surface area contributed by atoms with Gasteiger partial charge in [-0.05, 0) is 36.8 Å². The largest absolute Gasteiger partial charge is 0.446 e. The van der Waals surface area contributed by atoms with Gasteiger partial charge in [0.2, 0.25) is 17.3 Å². The maximum absolute atomic E-state index is 6.28. The summed E-state index contributed by atoms with van der Waals surface area (Å²) in [5, 5.41) is 12.9. The predicted octanol–water partition coefficient (Wildman–Crippen LogP) is 5.03. The van der Waals surface area contributed by atoms with Crippen LogP contribution in [-0.2, 0) is 7.05 Å². The van der Waals surface area contributed by atoms with E-state index in [0.29, 0.717) is 16.7 Å². The number of nitrogens with one attached hydrogen (secondary N) is 1. The minimum atomic E-state index is -0.364. The van der Waals surface area contributed by atoms with E-state index in [1.807, 2.05) is 48.1 Å². The number of hydrogen-bond donors (Lipinski definition) is 1. The molecule has 0 spiro atoms. The number of benzene rings is 1. The van der Waals surface area contributed by atoms with E-state index in [1.165, 1.54) is 0 Å². The number of aryl methyl sites for hydroxylation is 1. The summed E-state index contributed by atoms with van der Waals surface area (Å²) in [6.45, 7) is 2.17. The van der Waals surface area contributed by atoms with Crippen LogP contribution in [0, 0.1) is 0 Å². The van der Waals surface area contributed by atoms with Gasteiger partial charge in [0.1, 0.15) is 0 Å². The summed E-state index contributed by atoms with van der Waals surface area (Å²) in [4.78, 5) is 4.67. The van der Waals surface area contributed by atoms with Crippen LogP contribution in [0.25, 0.3) is 11.3 Å². The average Bonchev–Trinajstić information content (AvgIpc) is 3.02. The Kier molecular flexibility index (Phi) is 5.36. The van der Waals surface area contributed by atoms with Gasteiger partial charge in [0.05, 0.1) is 5.69 Å². The summed E-state index contributed by atoms with van der Waals surface area (Å²) < 4.78 is 9.28. The van der Waals surface area contributed by atoms with Crippen molar-refractivity contribution in [3.8, 4) is 17.1 Å². The predicted molar refractivity (Wildman–Crippen MR) is 111 cm³/mol. The number of unbranched alkanes of at least 4 members (excludes halogenated alkanes) is 1. The number of fused-ring (bicyclic) bond motifs is 3. The Hall–Kier alpha value is -2.06. The van der Waals surface area contributed by atoms with Gasteiger partial charge in [0.15, 0.2) is 5.69 Å². The van der Waals surface area contributed by atoms with Crippen LogP contribution in [0.3, 0.4) is 0 Å². The van der Waals surface area contributed by atoms with Gasteiger partial charge in [-0.3, -0.25) is 0 Å². The van der Waals surface area contributed by atoms with Crippen molar-refractivity contribution in [2.24, 2.45) is 7.05 Å². The number of anilines is 1. The molecule has 8 heteroatoms. The fourth-order valence-electron chi connectivity index (χ4n) is 2.92. The number of halogens is 1. The molecular weight excluding hydrogens is 426 g/mol. The molecule has 4 rings (SSSR count). The zero-order valence-electron chi connectivity index (χ0n) is 15.1. The fourth-order valence-corrected chi connectivity index (χ4v) is 4.14. The van der Waals surface area contributed by atoms with Crippen LogP contribution in [0.1, 0.15) is 31.7 Å². The monoisotopic (exact) mass is 445 g/mol. The van der Waals surface area contributed by atoms with Crippen LogP contribution >= 0.6 is 27.7 Å². The summed E-state index contributed by atoms with van der Waals surface area (Å²) in [6, 6.07) is 10.1. The zero-order valence-corrected chi connectivity index (χ0v) is 17.5. The highest BCUT2D eigenvalue weighted by Crippen LogP contribution is 2.40. The maximum atomic E-state index is 6.28. The molecule has 0 saturated carbocycles. The van der Waals surface area contributed by atoms with E-state index in [9.17, 15) is 0 Å². The van der Waals surface area contributed by atoms with E-state index in [4.69, 9.17) is 4.74 Å².